The molecule has 128 valence electrons. The molecule has 0 unspecified atom stereocenters. The molecule has 2 amide bonds. The van der Waals surface area contributed by atoms with E-state index in [1.807, 2.05) is 0 Å². The number of benzene rings is 2. The SMILES string of the molecule is CC(=O)c1ccc(NC(=O)/C(C)=C\C(=O)Nc2ccccc2Cl)cc1. The topological polar surface area (TPSA) is 75.3 Å². The molecule has 0 aliphatic carbocycles. The second kappa shape index (κ2) is 8.26. The van der Waals surface area contributed by atoms with Crippen LogP contribution in [0.3, 0.4) is 0 Å². The van der Waals surface area contributed by atoms with Crippen molar-refractivity contribution in [3.05, 3.63) is 70.8 Å². The minimum atomic E-state index is -0.451. The van der Waals surface area contributed by atoms with Crippen LogP contribution in [0.1, 0.15) is 24.2 Å². The van der Waals surface area contributed by atoms with E-state index in [9.17, 15) is 14.4 Å². The van der Waals surface area contributed by atoms with E-state index < -0.39 is 11.8 Å². The minimum absolute atomic E-state index is 0.0507. The van der Waals surface area contributed by atoms with Crippen LogP contribution in [0.15, 0.2) is 60.2 Å². The predicted molar refractivity (Wildman–Crippen MR) is 98.9 cm³/mol. The van der Waals surface area contributed by atoms with Crippen molar-refractivity contribution in [2.24, 2.45) is 0 Å². The summed E-state index contributed by atoms with van der Waals surface area (Å²) >= 11 is 5.97. The predicted octanol–water partition coefficient (Wildman–Crippen LogP) is 4.07. The van der Waals surface area contributed by atoms with Gasteiger partial charge in [0.25, 0.3) is 5.91 Å². The first-order valence-electron chi connectivity index (χ1n) is 7.53. The number of Topliss-reactive ketones (excluding diaryl/α,β-unsaturated/α-hetero) is 1. The molecule has 0 radical (unpaired) electrons. The Bertz CT molecular complexity index is 842. The minimum Gasteiger partial charge on any atom is -0.322 e. The number of halogens is 1. The Morgan fingerprint density at radius 2 is 1.56 bits per heavy atom. The quantitative estimate of drug-likeness (QED) is 0.626. The zero-order valence-corrected chi connectivity index (χ0v) is 14.6. The Balaban J connectivity index is 2.00. The van der Waals surface area contributed by atoms with E-state index >= 15 is 0 Å². The largest absolute Gasteiger partial charge is 0.322 e. The summed E-state index contributed by atoms with van der Waals surface area (Å²) in [6.07, 6.45) is 1.20. The number of anilines is 2. The molecule has 0 saturated carbocycles. The van der Waals surface area contributed by atoms with Crippen molar-refractivity contribution in [2.45, 2.75) is 13.8 Å². The number of para-hydroxylation sites is 1. The summed E-state index contributed by atoms with van der Waals surface area (Å²) in [7, 11) is 0. The van der Waals surface area contributed by atoms with Crippen LogP contribution in [0.2, 0.25) is 5.02 Å². The Morgan fingerprint density at radius 1 is 0.920 bits per heavy atom. The van der Waals surface area contributed by atoms with Crippen molar-refractivity contribution in [2.75, 3.05) is 10.6 Å². The van der Waals surface area contributed by atoms with Gasteiger partial charge in [-0.3, -0.25) is 14.4 Å². The van der Waals surface area contributed by atoms with Crippen molar-refractivity contribution >= 4 is 40.6 Å². The highest BCUT2D eigenvalue weighted by atomic mass is 35.5. The summed E-state index contributed by atoms with van der Waals surface area (Å²) < 4.78 is 0. The van der Waals surface area contributed by atoms with Gasteiger partial charge < -0.3 is 10.6 Å². The molecule has 2 rings (SSSR count). The van der Waals surface area contributed by atoms with Gasteiger partial charge in [0.05, 0.1) is 10.7 Å². The van der Waals surface area contributed by atoms with Gasteiger partial charge in [-0.05, 0) is 50.2 Å². The van der Waals surface area contributed by atoms with E-state index in [4.69, 9.17) is 11.6 Å². The van der Waals surface area contributed by atoms with E-state index in [-0.39, 0.29) is 11.4 Å². The van der Waals surface area contributed by atoms with Crippen LogP contribution >= 0.6 is 11.6 Å². The Kier molecular flexibility index (Phi) is 6.08. The number of carbonyl (C=O) groups is 3. The molecular formula is C19H17ClN2O3. The lowest BCUT2D eigenvalue weighted by atomic mass is 10.1. The van der Waals surface area contributed by atoms with Crippen molar-refractivity contribution in [1.82, 2.24) is 0 Å². The van der Waals surface area contributed by atoms with Gasteiger partial charge in [0.1, 0.15) is 0 Å². The number of amides is 2. The van der Waals surface area contributed by atoms with Crippen molar-refractivity contribution in [3.63, 3.8) is 0 Å². The van der Waals surface area contributed by atoms with E-state index in [2.05, 4.69) is 10.6 Å². The average molecular weight is 357 g/mol. The van der Waals surface area contributed by atoms with Crippen LogP contribution < -0.4 is 10.6 Å². The highest BCUT2D eigenvalue weighted by Crippen LogP contribution is 2.20. The maximum Gasteiger partial charge on any atom is 0.251 e. The first kappa shape index (κ1) is 18.4. The summed E-state index contributed by atoms with van der Waals surface area (Å²) in [4.78, 5) is 35.4. The highest BCUT2D eigenvalue weighted by molar-refractivity contribution is 6.33. The smallest absolute Gasteiger partial charge is 0.251 e. The molecular weight excluding hydrogens is 340 g/mol. The van der Waals surface area contributed by atoms with Crippen LogP contribution in [0.5, 0.6) is 0 Å². The molecule has 6 heteroatoms. The molecule has 2 aromatic carbocycles. The highest BCUT2D eigenvalue weighted by Gasteiger charge is 2.09. The summed E-state index contributed by atoms with van der Waals surface area (Å²) in [5.74, 6) is -0.914. The van der Waals surface area contributed by atoms with Crippen LogP contribution in [0, 0.1) is 0 Å². The fourth-order valence-corrected chi connectivity index (χ4v) is 2.19. The van der Waals surface area contributed by atoms with E-state index in [1.54, 1.807) is 48.5 Å². The number of nitrogens with one attached hydrogen (secondary N) is 2. The Labute approximate surface area is 150 Å². The Morgan fingerprint density at radius 3 is 2.16 bits per heavy atom. The third kappa shape index (κ3) is 5.29. The van der Waals surface area contributed by atoms with Crippen molar-refractivity contribution in [1.29, 1.82) is 0 Å². The normalized spacial score (nSPS) is 10.9. The second-order valence-electron chi connectivity index (χ2n) is 5.38. The molecule has 0 aliphatic heterocycles. The summed E-state index contributed by atoms with van der Waals surface area (Å²) in [5, 5.41) is 5.69. The maximum atomic E-state index is 12.1. The van der Waals surface area contributed by atoms with Crippen LogP contribution in [-0.4, -0.2) is 17.6 Å². The lowest BCUT2D eigenvalue weighted by Crippen LogP contribution is -2.16. The molecule has 0 heterocycles. The van der Waals surface area contributed by atoms with Crippen molar-refractivity contribution < 1.29 is 14.4 Å². The Hall–Kier alpha value is -2.92. The van der Waals surface area contributed by atoms with Gasteiger partial charge >= 0.3 is 0 Å². The summed E-state index contributed by atoms with van der Waals surface area (Å²) in [6.45, 7) is 3.00. The zero-order valence-electron chi connectivity index (χ0n) is 13.8. The zero-order chi connectivity index (χ0) is 18.4. The van der Waals surface area contributed by atoms with Gasteiger partial charge in [0.15, 0.2) is 5.78 Å². The molecule has 5 nitrogen and oxygen atoms in total. The molecule has 25 heavy (non-hydrogen) atoms. The second-order valence-corrected chi connectivity index (χ2v) is 5.79. The van der Waals surface area contributed by atoms with Crippen LogP contribution in [-0.2, 0) is 9.59 Å². The molecule has 0 saturated heterocycles. The van der Waals surface area contributed by atoms with Gasteiger partial charge in [-0.15, -0.1) is 0 Å². The van der Waals surface area contributed by atoms with Gasteiger partial charge in [-0.1, -0.05) is 23.7 Å². The first-order valence-corrected chi connectivity index (χ1v) is 7.91. The van der Waals surface area contributed by atoms with E-state index in [0.717, 1.165) is 0 Å². The number of hydrogen-bond donors (Lipinski definition) is 2. The number of rotatable bonds is 5. The number of hydrogen-bond acceptors (Lipinski definition) is 3. The monoisotopic (exact) mass is 356 g/mol. The molecule has 2 aromatic rings. The number of carbonyl (C=O) groups excluding carboxylic acids is 3. The molecule has 0 atom stereocenters. The van der Waals surface area contributed by atoms with E-state index in [0.29, 0.717) is 22.0 Å². The van der Waals surface area contributed by atoms with E-state index in [1.165, 1.54) is 19.9 Å². The first-order chi connectivity index (χ1) is 11.9. The molecule has 0 aromatic heterocycles. The lowest BCUT2D eigenvalue weighted by Gasteiger charge is -2.07. The van der Waals surface area contributed by atoms with Crippen LogP contribution in [0.4, 0.5) is 11.4 Å². The molecule has 0 aliphatic rings. The third-order valence-corrected chi connectivity index (χ3v) is 3.72. The molecule has 0 fully saturated rings. The standard InChI is InChI=1S/C19H17ClN2O3/c1-12(11-18(24)22-17-6-4-3-5-16(17)20)19(25)21-15-9-7-14(8-10-15)13(2)23/h3-11H,1-2H3,(H,21,25)(H,22,24)/b12-11-. The molecule has 2 N–H and O–H groups in total. The van der Waals surface area contributed by atoms with Crippen molar-refractivity contribution in [3.8, 4) is 0 Å². The summed E-state index contributed by atoms with van der Waals surface area (Å²) in [6, 6.07) is 13.3. The van der Waals surface area contributed by atoms with Gasteiger partial charge in [0.2, 0.25) is 5.91 Å². The van der Waals surface area contributed by atoms with Gasteiger partial charge in [-0.2, -0.15) is 0 Å². The number of ketones is 1. The fraction of sp³-hybridized carbons (Fsp3) is 0.105. The fourth-order valence-electron chi connectivity index (χ4n) is 2.01. The van der Waals surface area contributed by atoms with Gasteiger partial charge in [-0.25, -0.2) is 0 Å². The molecule has 0 spiro atoms. The average Bonchev–Trinajstić information content (AvgIpc) is 2.57. The maximum absolute atomic E-state index is 12.1. The lowest BCUT2D eigenvalue weighted by molar-refractivity contribution is -0.114. The summed E-state index contributed by atoms with van der Waals surface area (Å²) in [5.41, 5.74) is 1.80. The molecule has 0 bridgehead atoms. The van der Waals surface area contributed by atoms with Gasteiger partial charge in [0, 0.05) is 22.9 Å². The van der Waals surface area contributed by atoms with Crippen LogP contribution in [0.25, 0.3) is 0 Å². The third-order valence-electron chi connectivity index (χ3n) is 3.39.